The maximum absolute atomic E-state index is 13.4. The molecule has 7 heteroatoms. The van der Waals surface area contributed by atoms with Crippen molar-refractivity contribution < 1.29 is 9.53 Å². The van der Waals surface area contributed by atoms with Crippen LogP contribution < -0.4 is 15.2 Å². The van der Waals surface area contributed by atoms with Crippen LogP contribution in [0.4, 0.5) is 5.69 Å². The van der Waals surface area contributed by atoms with Gasteiger partial charge in [-0.3, -0.25) is 9.59 Å². The molecule has 0 N–H and O–H groups in total. The van der Waals surface area contributed by atoms with Crippen molar-refractivity contribution in [3.05, 3.63) is 64.5 Å². The quantitative estimate of drug-likeness (QED) is 0.666. The number of allylic oxidation sites excluding steroid dienone is 1. The van der Waals surface area contributed by atoms with Gasteiger partial charge >= 0.3 is 0 Å². The molecule has 4 rings (SSSR count). The largest absolute Gasteiger partial charge is 0.494 e. The monoisotopic (exact) mass is 404 g/mol. The molecule has 7 nitrogen and oxygen atoms in total. The van der Waals surface area contributed by atoms with Gasteiger partial charge in [-0.25, -0.2) is 4.68 Å². The molecule has 0 fully saturated rings. The highest BCUT2D eigenvalue weighted by atomic mass is 16.5. The van der Waals surface area contributed by atoms with Crippen molar-refractivity contribution in [1.29, 1.82) is 0 Å². The van der Waals surface area contributed by atoms with Crippen LogP contribution in [0, 0.1) is 0 Å². The second-order valence-corrected chi connectivity index (χ2v) is 7.89. The number of ether oxygens (including phenoxy) is 1. The molecule has 0 atom stereocenters. The van der Waals surface area contributed by atoms with E-state index in [1.165, 1.54) is 0 Å². The van der Waals surface area contributed by atoms with Crippen molar-refractivity contribution in [2.24, 2.45) is 0 Å². The van der Waals surface area contributed by atoms with E-state index in [9.17, 15) is 9.59 Å². The Morgan fingerprint density at radius 1 is 1.17 bits per heavy atom. The summed E-state index contributed by atoms with van der Waals surface area (Å²) in [6.45, 7) is 8.28. The molecule has 2 heterocycles. The number of benzene rings is 2. The van der Waals surface area contributed by atoms with Crippen molar-refractivity contribution in [2.45, 2.75) is 39.8 Å². The predicted molar refractivity (Wildman–Crippen MR) is 117 cm³/mol. The molecule has 0 radical (unpaired) electrons. The summed E-state index contributed by atoms with van der Waals surface area (Å²) in [7, 11) is 0. The number of hydrogen-bond donors (Lipinski definition) is 0. The van der Waals surface area contributed by atoms with E-state index in [1.54, 1.807) is 29.2 Å². The molecule has 0 bridgehead atoms. The molecule has 2 aromatic carbocycles. The first-order chi connectivity index (χ1) is 14.3. The number of fused-ring (bicyclic) bond motifs is 2. The lowest BCUT2D eigenvalue weighted by Crippen LogP contribution is -2.51. The van der Waals surface area contributed by atoms with Gasteiger partial charge < -0.3 is 9.64 Å². The Labute approximate surface area is 174 Å². The maximum Gasteiger partial charge on any atom is 0.278 e. The molecule has 0 unspecified atom stereocenters. The van der Waals surface area contributed by atoms with Crippen molar-refractivity contribution in [3.63, 3.8) is 0 Å². The fourth-order valence-electron chi connectivity index (χ4n) is 4.05. The first kappa shape index (κ1) is 19.8. The Hall–Kier alpha value is -3.48. The molecular weight excluding hydrogens is 380 g/mol. The Morgan fingerprint density at radius 3 is 2.70 bits per heavy atom. The summed E-state index contributed by atoms with van der Waals surface area (Å²) in [4.78, 5) is 27.9. The summed E-state index contributed by atoms with van der Waals surface area (Å²) in [5.41, 5.74) is 2.41. The van der Waals surface area contributed by atoms with E-state index in [1.807, 2.05) is 45.9 Å². The number of rotatable bonds is 4. The summed E-state index contributed by atoms with van der Waals surface area (Å²) in [5.74, 6) is 0.522. The predicted octanol–water partition coefficient (Wildman–Crippen LogP) is 3.42. The number of amides is 1. The fraction of sp³-hybridized carbons (Fsp3) is 0.304. The van der Waals surface area contributed by atoms with Crippen molar-refractivity contribution in [3.8, 4) is 5.75 Å². The molecule has 0 spiro atoms. The molecule has 1 aliphatic heterocycles. The molecule has 1 aliphatic rings. The van der Waals surface area contributed by atoms with Gasteiger partial charge in [0.1, 0.15) is 17.8 Å². The third-order valence-electron chi connectivity index (χ3n) is 5.25. The van der Waals surface area contributed by atoms with E-state index in [4.69, 9.17) is 4.74 Å². The zero-order valence-electron chi connectivity index (χ0n) is 17.5. The maximum atomic E-state index is 13.4. The number of hydrogen-bond acceptors (Lipinski definition) is 5. The summed E-state index contributed by atoms with van der Waals surface area (Å²) in [5, 5.41) is 8.49. The van der Waals surface area contributed by atoms with Gasteiger partial charge in [0.05, 0.1) is 23.2 Å². The van der Waals surface area contributed by atoms with E-state index < -0.39 is 5.54 Å². The van der Waals surface area contributed by atoms with E-state index in [2.05, 4.69) is 16.4 Å². The second kappa shape index (κ2) is 7.40. The third kappa shape index (κ3) is 3.36. The molecule has 1 aromatic heterocycles. The van der Waals surface area contributed by atoms with Gasteiger partial charge in [-0.15, -0.1) is 5.10 Å². The van der Waals surface area contributed by atoms with E-state index in [-0.39, 0.29) is 18.0 Å². The van der Waals surface area contributed by atoms with Crippen LogP contribution in [0.5, 0.6) is 5.75 Å². The first-order valence-electron chi connectivity index (χ1n) is 9.94. The standard InChI is InChI=1S/C23H24N4O3/c1-5-30-16-10-11-20-18(12-16)15(2)13-23(3,4)27(20)21(28)14-26-22(29)17-8-6-7-9-19(17)24-25-26/h6-13H,5,14H2,1-4H3. The summed E-state index contributed by atoms with van der Waals surface area (Å²) < 4.78 is 6.75. The smallest absolute Gasteiger partial charge is 0.278 e. The summed E-state index contributed by atoms with van der Waals surface area (Å²) in [6, 6.07) is 12.7. The van der Waals surface area contributed by atoms with Gasteiger partial charge in [-0.05, 0) is 63.6 Å². The highest BCUT2D eigenvalue weighted by Gasteiger charge is 2.36. The number of carbonyl (C=O) groups excluding carboxylic acids is 1. The zero-order valence-corrected chi connectivity index (χ0v) is 17.5. The average molecular weight is 404 g/mol. The van der Waals surface area contributed by atoms with Crippen LogP contribution in [0.1, 0.15) is 33.3 Å². The van der Waals surface area contributed by atoms with Crippen LogP contribution >= 0.6 is 0 Å². The lowest BCUT2D eigenvalue weighted by molar-refractivity contribution is -0.120. The minimum Gasteiger partial charge on any atom is -0.494 e. The molecule has 154 valence electrons. The molecule has 0 aliphatic carbocycles. The van der Waals surface area contributed by atoms with Crippen LogP contribution in [0.15, 0.2) is 53.3 Å². The van der Waals surface area contributed by atoms with Crippen LogP contribution in [0.3, 0.4) is 0 Å². The van der Waals surface area contributed by atoms with Gasteiger partial charge in [-0.2, -0.15) is 0 Å². The first-order valence-corrected chi connectivity index (χ1v) is 9.94. The normalized spacial score (nSPS) is 14.9. The van der Waals surface area contributed by atoms with Gasteiger partial charge in [0.2, 0.25) is 5.91 Å². The molecule has 0 saturated heterocycles. The Kier molecular flexibility index (Phi) is 4.89. The van der Waals surface area contributed by atoms with Gasteiger partial charge in [0, 0.05) is 5.56 Å². The Bertz CT molecular complexity index is 1230. The highest BCUT2D eigenvalue weighted by molar-refractivity contribution is 6.00. The van der Waals surface area contributed by atoms with Crippen molar-refractivity contribution >= 4 is 28.1 Å². The van der Waals surface area contributed by atoms with Crippen LogP contribution in [-0.2, 0) is 11.3 Å². The molecular formula is C23H24N4O3. The highest BCUT2D eigenvalue weighted by Crippen LogP contribution is 2.40. The number of carbonyl (C=O) groups is 1. The molecule has 30 heavy (non-hydrogen) atoms. The SMILES string of the molecule is CCOc1ccc2c(c1)C(C)=CC(C)(C)N2C(=O)Cn1nnc2ccccc2c1=O. The van der Waals surface area contributed by atoms with Crippen molar-refractivity contribution in [1.82, 2.24) is 15.0 Å². The average Bonchev–Trinajstić information content (AvgIpc) is 2.70. The van der Waals surface area contributed by atoms with Crippen LogP contribution in [0.2, 0.25) is 0 Å². The molecule has 1 amide bonds. The van der Waals surface area contributed by atoms with Crippen LogP contribution in [-0.4, -0.2) is 33.0 Å². The van der Waals surface area contributed by atoms with Crippen LogP contribution in [0.25, 0.3) is 16.5 Å². The van der Waals surface area contributed by atoms with E-state index in [0.717, 1.165) is 27.3 Å². The Morgan fingerprint density at radius 2 is 1.93 bits per heavy atom. The summed E-state index contributed by atoms with van der Waals surface area (Å²) in [6.07, 6.45) is 2.05. The third-order valence-corrected chi connectivity index (χ3v) is 5.25. The van der Waals surface area contributed by atoms with E-state index in [0.29, 0.717) is 17.5 Å². The lowest BCUT2D eigenvalue weighted by Gasteiger charge is -2.41. The second-order valence-electron chi connectivity index (χ2n) is 7.89. The van der Waals surface area contributed by atoms with Gasteiger partial charge in [-0.1, -0.05) is 23.4 Å². The zero-order chi connectivity index (χ0) is 21.5. The van der Waals surface area contributed by atoms with Crippen molar-refractivity contribution in [2.75, 3.05) is 11.5 Å². The summed E-state index contributed by atoms with van der Waals surface area (Å²) >= 11 is 0. The molecule has 0 saturated carbocycles. The number of anilines is 1. The minimum atomic E-state index is -0.560. The minimum absolute atomic E-state index is 0.195. The number of nitrogens with zero attached hydrogens (tertiary/aromatic N) is 4. The number of aromatic nitrogens is 3. The fourth-order valence-corrected chi connectivity index (χ4v) is 4.05. The molecule has 3 aromatic rings. The lowest BCUT2D eigenvalue weighted by atomic mass is 9.88. The van der Waals surface area contributed by atoms with Gasteiger partial charge in [0.25, 0.3) is 5.56 Å². The van der Waals surface area contributed by atoms with E-state index >= 15 is 0 Å². The van der Waals surface area contributed by atoms with Gasteiger partial charge in [0.15, 0.2) is 0 Å². The Balaban J connectivity index is 1.74. The topological polar surface area (TPSA) is 77.3 Å².